The van der Waals surface area contributed by atoms with Crippen molar-refractivity contribution in [1.29, 1.82) is 0 Å². The Morgan fingerprint density at radius 1 is 1.35 bits per heavy atom. The third kappa shape index (κ3) is 3.49. The van der Waals surface area contributed by atoms with Gasteiger partial charge in [-0.25, -0.2) is 17.5 Å². The largest absolute Gasteiger partial charge is 0.339 e. The van der Waals surface area contributed by atoms with Gasteiger partial charge in [0.1, 0.15) is 17.5 Å². The molecule has 1 aliphatic rings. The Labute approximate surface area is 151 Å². The van der Waals surface area contributed by atoms with Crippen LogP contribution in [0.3, 0.4) is 0 Å². The van der Waals surface area contributed by atoms with Gasteiger partial charge < -0.3 is 4.90 Å². The first-order valence-corrected chi connectivity index (χ1v) is 9.81. The van der Waals surface area contributed by atoms with E-state index in [9.17, 15) is 17.6 Å². The third-order valence-electron chi connectivity index (χ3n) is 4.35. The fourth-order valence-corrected chi connectivity index (χ4v) is 4.20. The Bertz CT molecular complexity index is 939. The summed E-state index contributed by atoms with van der Waals surface area (Å²) in [5, 5.41) is 4.02. The smallest absolute Gasteiger partial charge is 0.241 e. The normalized spacial score (nSPS) is 18.1. The number of carbonyl (C=O) groups is 1. The molecule has 0 spiro atoms. The van der Waals surface area contributed by atoms with Crippen molar-refractivity contribution in [1.82, 2.24) is 19.4 Å². The molecule has 0 aliphatic carbocycles. The molecule has 1 saturated heterocycles. The second-order valence-corrected chi connectivity index (χ2v) is 8.38. The lowest BCUT2D eigenvalue weighted by Gasteiger charge is -2.21. The minimum atomic E-state index is -4.01. The van der Waals surface area contributed by atoms with Crippen LogP contribution in [0, 0.1) is 12.7 Å². The van der Waals surface area contributed by atoms with Crippen molar-refractivity contribution in [2.24, 2.45) is 0 Å². The number of rotatable bonds is 5. The van der Waals surface area contributed by atoms with Gasteiger partial charge in [-0.3, -0.25) is 4.79 Å². The number of halogens is 1. The molecule has 0 saturated carbocycles. The molecule has 0 radical (unpaired) electrons. The Hall–Kier alpha value is -2.26. The molecule has 140 valence electrons. The van der Waals surface area contributed by atoms with E-state index in [-0.39, 0.29) is 22.5 Å². The van der Waals surface area contributed by atoms with Gasteiger partial charge >= 0.3 is 0 Å². The molecule has 2 heterocycles. The Balaban J connectivity index is 1.82. The van der Waals surface area contributed by atoms with E-state index in [0.29, 0.717) is 13.0 Å². The molecular weight excluding hydrogens is 359 g/mol. The van der Waals surface area contributed by atoms with E-state index < -0.39 is 21.9 Å². The lowest BCUT2D eigenvalue weighted by atomic mass is 10.3. The summed E-state index contributed by atoms with van der Waals surface area (Å²) in [6.45, 7) is 6.07. The summed E-state index contributed by atoms with van der Waals surface area (Å²) in [6, 6.07) is 2.78. The number of amides is 1. The number of nitrogens with one attached hydrogen (secondary N) is 1. The highest BCUT2D eigenvalue weighted by molar-refractivity contribution is 7.89. The number of benzene rings is 1. The average Bonchev–Trinajstić information content (AvgIpc) is 3.13. The molecule has 7 nitrogen and oxygen atoms in total. The Kier molecular flexibility index (Phi) is 4.85. The van der Waals surface area contributed by atoms with Gasteiger partial charge in [-0.15, -0.1) is 0 Å². The molecule has 2 aromatic rings. The standard InChI is InChI=1S/C17H21FN4O3S/c1-11(2)21-7-6-15(17(21)23)20-26(24,25)13-4-5-16(14(18)8-13)22-10-12(3)9-19-22/h4-5,8-11,15,20H,6-7H2,1-3H3. The SMILES string of the molecule is Cc1cnn(-c2ccc(S(=O)(=O)NC3CCN(C(C)C)C3=O)cc2F)c1. The van der Waals surface area contributed by atoms with Crippen molar-refractivity contribution < 1.29 is 17.6 Å². The van der Waals surface area contributed by atoms with Crippen molar-refractivity contribution in [3.8, 4) is 5.69 Å². The molecule has 1 unspecified atom stereocenters. The molecule has 1 aromatic heterocycles. The fraction of sp³-hybridized carbons (Fsp3) is 0.412. The molecule has 0 bridgehead atoms. The van der Waals surface area contributed by atoms with Crippen LogP contribution in [0.5, 0.6) is 0 Å². The zero-order valence-corrected chi connectivity index (χ0v) is 15.6. The molecule has 1 aromatic carbocycles. The number of aryl methyl sites for hydroxylation is 1. The van der Waals surface area contributed by atoms with Crippen molar-refractivity contribution in [2.45, 2.75) is 44.2 Å². The maximum Gasteiger partial charge on any atom is 0.241 e. The Morgan fingerprint density at radius 2 is 2.08 bits per heavy atom. The van der Waals surface area contributed by atoms with Crippen molar-refractivity contribution >= 4 is 15.9 Å². The summed E-state index contributed by atoms with van der Waals surface area (Å²) >= 11 is 0. The lowest BCUT2D eigenvalue weighted by Crippen LogP contribution is -2.43. The van der Waals surface area contributed by atoms with Gasteiger partial charge in [-0.1, -0.05) is 0 Å². The third-order valence-corrected chi connectivity index (χ3v) is 5.82. The zero-order chi connectivity index (χ0) is 19.1. The van der Waals surface area contributed by atoms with Gasteiger partial charge in [0.25, 0.3) is 0 Å². The molecule has 1 atom stereocenters. The van der Waals surface area contributed by atoms with Gasteiger partial charge in [0.05, 0.1) is 11.1 Å². The highest BCUT2D eigenvalue weighted by Crippen LogP contribution is 2.21. The van der Waals surface area contributed by atoms with Gasteiger partial charge in [-0.2, -0.15) is 9.82 Å². The number of carbonyl (C=O) groups excluding carboxylic acids is 1. The number of nitrogens with zero attached hydrogens (tertiary/aromatic N) is 3. The summed E-state index contributed by atoms with van der Waals surface area (Å²) < 4.78 is 43.2. The Morgan fingerprint density at radius 3 is 2.62 bits per heavy atom. The summed E-state index contributed by atoms with van der Waals surface area (Å²) in [4.78, 5) is 13.7. The highest BCUT2D eigenvalue weighted by Gasteiger charge is 2.36. The van der Waals surface area contributed by atoms with Crippen LogP contribution < -0.4 is 4.72 Å². The van der Waals surface area contributed by atoms with Crippen LogP contribution in [0.4, 0.5) is 4.39 Å². The predicted octanol–water partition coefficient (Wildman–Crippen LogP) is 1.61. The van der Waals surface area contributed by atoms with Crippen molar-refractivity contribution in [2.75, 3.05) is 6.54 Å². The molecule has 3 rings (SSSR count). The van der Waals surface area contributed by atoms with Gasteiger partial charge in [0, 0.05) is 18.8 Å². The highest BCUT2D eigenvalue weighted by atomic mass is 32.2. The van der Waals surface area contributed by atoms with Crippen LogP contribution in [0.15, 0.2) is 35.5 Å². The fourth-order valence-electron chi connectivity index (χ4n) is 2.96. The molecule has 1 amide bonds. The van der Waals surface area contributed by atoms with Gasteiger partial charge in [-0.05, 0) is 51.0 Å². The number of aromatic nitrogens is 2. The van der Waals surface area contributed by atoms with Gasteiger partial charge in [0.2, 0.25) is 15.9 Å². The molecule has 26 heavy (non-hydrogen) atoms. The molecule has 9 heteroatoms. The first-order valence-electron chi connectivity index (χ1n) is 8.33. The quantitative estimate of drug-likeness (QED) is 0.854. The van der Waals surface area contributed by atoms with Crippen LogP contribution in [0.2, 0.25) is 0 Å². The van der Waals surface area contributed by atoms with Crippen molar-refractivity contribution in [3.63, 3.8) is 0 Å². The first-order chi connectivity index (χ1) is 12.2. The molecular formula is C17H21FN4O3S. The van der Waals surface area contributed by atoms with Crippen LogP contribution >= 0.6 is 0 Å². The van der Waals surface area contributed by atoms with Crippen molar-refractivity contribution in [3.05, 3.63) is 42.0 Å². The van der Waals surface area contributed by atoms with E-state index >= 15 is 0 Å². The van der Waals surface area contributed by atoms with Crippen LogP contribution in [-0.4, -0.2) is 47.6 Å². The lowest BCUT2D eigenvalue weighted by molar-refractivity contribution is -0.130. The number of hydrogen-bond donors (Lipinski definition) is 1. The maximum absolute atomic E-state index is 14.4. The summed E-state index contributed by atoms with van der Waals surface area (Å²) in [5.74, 6) is -0.967. The van der Waals surface area contributed by atoms with E-state index in [1.807, 2.05) is 20.8 Å². The van der Waals surface area contributed by atoms with Crippen LogP contribution in [0.1, 0.15) is 25.8 Å². The van der Waals surface area contributed by atoms with E-state index in [0.717, 1.165) is 11.6 Å². The van der Waals surface area contributed by atoms with E-state index in [4.69, 9.17) is 0 Å². The summed E-state index contributed by atoms with van der Waals surface area (Å²) in [6.07, 6.45) is 3.61. The van der Waals surface area contributed by atoms with E-state index in [1.54, 1.807) is 17.3 Å². The topological polar surface area (TPSA) is 84.3 Å². The second kappa shape index (κ2) is 6.81. The maximum atomic E-state index is 14.4. The van der Waals surface area contributed by atoms with E-state index in [2.05, 4.69) is 9.82 Å². The van der Waals surface area contributed by atoms with Crippen LogP contribution in [0.25, 0.3) is 5.69 Å². The first kappa shape index (κ1) is 18.5. The second-order valence-electron chi connectivity index (χ2n) is 6.66. The van der Waals surface area contributed by atoms with Gasteiger partial charge in [0.15, 0.2) is 0 Å². The molecule has 1 N–H and O–H groups in total. The number of hydrogen-bond acceptors (Lipinski definition) is 4. The summed E-state index contributed by atoms with van der Waals surface area (Å²) in [5.41, 5.74) is 1.01. The minimum Gasteiger partial charge on any atom is -0.339 e. The van der Waals surface area contributed by atoms with E-state index in [1.165, 1.54) is 16.8 Å². The molecule has 1 fully saturated rings. The number of sulfonamides is 1. The predicted molar refractivity (Wildman–Crippen MR) is 93.8 cm³/mol. The van der Waals surface area contributed by atoms with Crippen LogP contribution in [-0.2, 0) is 14.8 Å². The minimum absolute atomic E-state index is 0.00580. The number of likely N-dealkylation sites (tertiary alicyclic amines) is 1. The summed E-state index contributed by atoms with van der Waals surface area (Å²) in [7, 11) is -4.01. The monoisotopic (exact) mass is 380 g/mol. The molecule has 1 aliphatic heterocycles. The average molecular weight is 380 g/mol. The zero-order valence-electron chi connectivity index (χ0n) is 14.8.